The molecule has 9 heteroatoms. The Labute approximate surface area is 228 Å². The maximum atomic E-state index is 14.5. The summed E-state index contributed by atoms with van der Waals surface area (Å²) in [6.45, 7) is 7.22. The van der Waals surface area contributed by atoms with Crippen molar-refractivity contribution in [3.63, 3.8) is 0 Å². The van der Waals surface area contributed by atoms with Crippen LogP contribution in [0.1, 0.15) is 33.6 Å². The minimum atomic E-state index is -0.924. The topological polar surface area (TPSA) is 90.4 Å². The zero-order valence-corrected chi connectivity index (χ0v) is 23.3. The Bertz CT molecular complexity index is 1170. The van der Waals surface area contributed by atoms with E-state index in [1.165, 1.54) is 0 Å². The molecular weight excluding hydrogens is 502 g/mol. The van der Waals surface area contributed by atoms with E-state index in [1.54, 1.807) is 28.7 Å². The average molecular weight is 540 g/mol. The van der Waals surface area contributed by atoms with Crippen LogP contribution in [0.4, 0.5) is 5.69 Å². The van der Waals surface area contributed by atoms with Crippen molar-refractivity contribution in [1.29, 1.82) is 0 Å². The lowest BCUT2D eigenvalue weighted by molar-refractivity contribution is -0.145. The second-order valence-corrected chi connectivity index (χ2v) is 12.5. The van der Waals surface area contributed by atoms with Gasteiger partial charge in [-0.2, -0.15) is 0 Å². The van der Waals surface area contributed by atoms with Crippen LogP contribution in [0.25, 0.3) is 0 Å². The molecule has 2 saturated heterocycles. The molecule has 0 bridgehead atoms. The molecule has 1 unspecified atom stereocenters. The van der Waals surface area contributed by atoms with Gasteiger partial charge in [0.15, 0.2) is 0 Å². The van der Waals surface area contributed by atoms with Crippen LogP contribution >= 0.6 is 11.8 Å². The summed E-state index contributed by atoms with van der Waals surface area (Å²) in [6.07, 6.45) is 9.41. The maximum Gasteiger partial charge on any atom is 0.251 e. The molecule has 4 aliphatic heterocycles. The molecule has 1 N–H and O–H groups in total. The highest BCUT2D eigenvalue weighted by Gasteiger charge is 2.74. The monoisotopic (exact) mass is 539 g/mol. The Balaban J connectivity index is 1.64. The molecule has 5 rings (SSSR count). The Kier molecular flexibility index (Phi) is 7.11. The number of carbonyl (C=O) groups excluding carboxylic acids is 3. The molecule has 204 valence electrons. The zero-order valence-electron chi connectivity index (χ0n) is 22.5. The molecule has 2 fully saturated rings. The third-order valence-electron chi connectivity index (χ3n) is 8.53. The van der Waals surface area contributed by atoms with Crippen LogP contribution < -0.4 is 9.64 Å². The van der Waals surface area contributed by atoms with Crippen molar-refractivity contribution in [2.24, 2.45) is 11.8 Å². The first kappa shape index (κ1) is 26.8. The van der Waals surface area contributed by atoms with Crippen molar-refractivity contribution in [2.45, 2.75) is 55.2 Å². The van der Waals surface area contributed by atoms with Gasteiger partial charge >= 0.3 is 0 Å². The highest BCUT2D eigenvalue weighted by molar-refractivity contribution is 8.02. The van der Waals surface area contributed by atoms with Gasteiger partial charge in [0.2, 0.25) is 11.8 Å². The number of methoxy groups -OCH3 is 1. The molecule has 1 aromatic carbocycles. The van der Waals surface area contributed by atoms with Crippen LogP contribution in [0.3, 0.4) is 0 Å². The highest BCUT2D eigenvalue weighted by Crippen LogP contribution is 2.66. The zero-order chi connectivity index (χ0) is 27.2. The smallest absolute Gasteiger partial charge is 0.251 e. The quantitative estimate of drug-likeness (QED) is 0.536. The number of hydrogen-bond donors (Lipinski definition) is 1. The van der Waals surface area contributed by atoms with Gasteiger partial charge in [0, 0.05) is 30.1 Å². The summed E-state index contributed by atoms with van der Waals surface area (Å²) < 4.78 is 3.73. The van der Waals surface area contributed by atoms with Crippen molar-refractivity contribution < 1.29 is 24.2 Å². The maximum absolute atomic E-state index is 14.5. The average Bonchev–Trinajstić information content (AvgIpc) is 3.19. The van der Waals surface area contributed by atoms with Crippen LogP contribution in [-0.2, 0) is 14.4 Å². The van der Waals surface area contributed by atoms with Crippen molar-refractivity contribution in [3.8, 4) is 5.75 Å². The first-order valence-electron chi connectivity index (χ1n) is 13.5. The van der Waals surface area contributed by atoms with Gasteiger partial charge in [-0.3, -0.25) is 14.4 Å². The second kappa shape index (κ2) is 10.1. The van der Waals surface area contributed by atoms with E-state index in [0.29, 0.717) is 37.5 Å². The van der Waals surface area contributed by atoms with Gasteiger partial charge in [0.1, 0.15) is 11.8 Å². The van der Waals surface area contributed by atoms with Gasteiger partial charge in [0.05, 0.1) is 36.3 Å². The molecule has 0 radical (unpaired) electrons. The lowest BCUT2D eigenvalue weighted by Crippen LogP contribution is -2.56. The third kappa shape index (κ3) is 3.88. The summed E-state index contributed by atoms with van der Waals surface area (Å²) in [5, 5.41) is 10.3. The van der Waals surface area contributed by atoms with Gasteiger partial charge < -0.3 is 24.5 Å². The van der Waals surface area contributed by atoms with E-state index in [0.717, 1.165) is 6.42 Å². The Morgan fingerprint density at radius 3 is 2.37 bits per heavy atom. The van der Waals surface area contributed by atoms with E-state index in [9.17, 15) is 19.5 Å². The lowest BCUT2D eigenvalue weighted by atomic mass is 9.74. The number of thioether (sulfide) groups is 1. The van der Waals surface area contributed by atoms with Crippen LogP contribution in [-0.4, -0.2) is 87.6 Å². The molecule has 4 aliphatic rings. The molecule has 0 saturated carbocycles. The normalized spacial score (nSPS) is 33.1. The van der Waals surface area contributed by atoms with Crippen molar-refractivity contribution >= 4 is 35.2 Å². The van der Waals surface area contributed by atoms with E-state index in [1.807, 2.05) is 68.2 Å². The number of benzene rings is 1. The van der Waals surface area contributed by atoms with Gasteiger partial charge in [-0.25, -0.2) is 0 Å². The Morgan fingerprint density at radius 1 is 1.03 bits per heavy atom. The predicted octanol–water partition coefficient (Wildman–Crippen LogP) is 2.86. The summed E-state index contributed by atoms with van der Waals surface area (Å²) in [7, 11) is 1.59. The van der Waals surface area contributed by atoms with Crippen molar-refractivity contribution in [2.75, 3.05) is 38.3 Å². The van der Waals surface area contributed by atoms with E-state index >= 15 is 0 Å². The molecule has 6 atom stereocenters. The molecule has 1 aromatic rings. The first-order chi connectivity index (χ1) is 18.3. The van der Waals surface area contributed by atoms with Gasteiger partial charge in [-0.15, -0.1) is 11.8 Å². The Morgan fingerprint density at radius 2 is 1.74 bits per heavy atom. The Hall–Kier alpha value is -2.78. The van der Waals surface area contributed by atoms with Gasteiger partial charge in [0.25, 0.3) is 5.91 Å². The summed E-state index contributed by atoms with van der Waals surface area (Å²) in [4.78, 5) is 48.1. The number of aliphatic hydroxyl groups excluding tert-OH is 1. The fraction of sp³-hybridized carbons (Fsp3) is 0.552. The fourth-order valence-electron chi connectivity index (χ4n) is 6.78. The molecule has 0 aromatic heterocycles. The molecule has 4 heterocycles. The molecule has 38 heavy (non-hydrogen) atoms. The minimum absolute atomic E-state index is 0.0307. The predicted molar refractivity (Wildman–Crippen MR) is 148 cm³/mol. The fourth-order valence-corrected chi connectivity index (χ4v) is 8.93. The molecule has 3 amide bonds. The number of nitrogens with zero attached hydrogens (tertiary/aromatic N) is 3. The SMILES string of the molecule is CCCN1CC=C[C@]2(C)S[C@]34C=CCN(c5ccc(OC)cc5)C(=O)C3N([C@@H](CC)CO)C(=O)[C@@H]4[C@@H]2C1=O. The van der Waals surface area contributed by atoms with E-state index < -0.39 is 33.4 Å². The van der Waals surface area contributed by atoms with E-state index in [2.05, 4.69) is 6.08 Å². The van der Waals surface area contributed by atoms with Gasteiger partial charge in [-0.1, -0.05) is 38.2 Å². The van der Waals surface area contributed by atoms with Crippen LogP contribution in [0, 0.1) is 11.8 Å². The number of carbonyl (C=O) groups is 3. The number of anilines is 1. The van der Waals surface area contributed by atoms with E-state index in [4.69, 9.17) is 4.74 Å². The van der Waals surface area contributed by atoms with Crippen LogP contribution in [0.15, 0.2) is 48.6 Å². The number of hydrogen-bond acceptors (Lipinski definition) is 6. The van der Waals surface area contributed by atoms with Crippen LogP contribution in [0.2, 0.25) is 0 Å². The van der Waals surface area contributed by atoms with Crippen molar-refractivity contribution in [3.05, 3.63) is 48.6 Å². The summed E-state index contributed by atoms with van der Waals surface area (Å²) in [5.74, 6) is -1.05. The number of likely N-dealkylation sites (tertiary alicyclic amines) is 1. The largest absolute Gasteiger partial charge is 0.497 e. The van der Waals surface area contributed by atoms with E-state index in [-0.39, 0.29) is 24.3 Å². The first-order valence-corrected chi connectivity index (χ1v) is 14.3. The van der Waals surface area contributed by atoms with Gasteiger partial charge in [-0.05, 0) is 44.0 Å². The standard InChI is InChI=1S/C29H37N3O5S/c1-5-15-30-16-7-13-28(3)22(25(30)34)23-26(35)32(19(6-2)18-33)24-27(36)31(17-8-14-29(23,24)38-28)20-9-11-21(37-4)12-10-20/h7-14,19,22-24,33H,5-6,15-18H2,1-4H3/t19-,22+,23-,24?,28-,29-/m0/s1. The summed E-state index contributed by atoms with van der Waals surface area (Å²) in [6, 6.07) is 5.94. The molecule has 8 nitrogen and oxygen atoms in total. The summed E-state index contributed by atoms with van der Waals surface area (Å²) in [5.41, 5.74) is 0.707. The number of fused-ring (bicyclic) bond motifs is 2. The highest BCUT2D eigenvalue weighted by atomic mass is 32.2. The molecule has 0 aliphatic carbocycles. The number of amides is 3. The number of rotatable bonds is 7. The second-order valence-electron chi connectivity index (χ2n) is 10.7. The molecule has 1 spiro atoms. The lowest BCUT2D eigenvalue weighted by Gasteiger charge is -2.39. The number of ether oxygens (including phenoxy) is 1. The molecular formula is C29H37N3O5S. The number of aliphatic hydroxyl groups is 1. The van der Waals surface area contributed by atoms with Crippen molar-refractivity contribution in [1.82, 2.24) is 9.80 Å². The summed E-state index contributed by atoms with van der Waals surface area (Å²) >= 11 is 1.57. The minimum Gasteiger partial charge on any atom is -0.497 e. The van der Waals surface area contributed by atoms with Crippen LogP contribution in [0.5, 0.6) is 5.75 Å². The third-order valence-corrected chi connectivity index (χ3v) is 10.3.